The van der Waals surface area contributed by atoms with Crippen LogP contribution in [0, 0.1) is 5.92 Å². The fourth-order valence-electron chi connectivity index (χ4n) is 3.19. The number of hydrogen-bond acceptors (Lipinski definition) is 5. The molecule has 0 radical (unpaired) electrons. The number of carbonyl (C=O) groups excluding carboxylic acids is 1. The number of nitrogens with one attached hydrogen (secondary N) is 2. The first kappa shape index (κ1) is 19.9. The Labute approximate surface area is 178 Å². The van der Waals surface area contributed by atoms with E-state index in [4.69, 9.17) is 11.6 Å². The van der Waals surface area contributed by atoms with Gasteiger partial charge in [-0.25, -0.2) is 13.4 Å². The van der Waals surface area contributed by atoms with Crippen molar-refractivity contribution in [3.8, 4) is 11.3 Å². The molecule has 1 saturated carbocycles. The van der Waals surface area contributed by atoms with Crippen LogP contribution in [0.5, 0.6) is 0 Å². The highest BCUT2D eigenvalue weighted by Crippen LogP contribution is 2.50. The van der Waals surface area contributed by atoms with Crippen LogP contribution in [0.1, 0.15) is 17.9 Å². The van der Waals surface area contributed by atoms with Gasteiger partial charge in [0.05, 0.1) is 11.9 Å². The zero-order valence-corrected chi connectivity index (χ0v) is 17.8. The standard InChI is InChI=1S/C20H18ClN3O3S2/c1-29(26,27)24-13-8-6-12(7-9-13)18-11-28-20(22-18)23-19(25)16-10-15(16)14-4-2-3-5-17(14)21/h2-9,11,15-16,24H,10H2,1H3,(H,22,23,25). The summed E-state index contributed by atoms with van der Waals surface area (Å²) in [7, 11) is -3.31. The Morgan fingerprint density at radius 3 is 2.59 bits per heavy atom. The molecule has 9 heteroatoms. The Balaban J connectivity index is 1.40. The van der Waals surface area contributed by atoms with Crippen molar-refractivity contribution < 1.29 is 13.2 Å². The molecule has 150 valence electrons. The fourth-order valence-corrected chi connectivity index (χ4v) is 4.75. The van der Waals surface area contributed by atoms with Gasteiger partial charge in [0.1, 0.15) is 0 Å². The van der Waals surface area contributed by atoms with E-state index in [1.54, 1.807) is 24.3 Å². The van der Waals surface area contributed by atoms with Crippen LogP contribution in [-0.2, 0) is 14.8 Å². The molecule has 29 heavy (non-hydrogen) atoms. The molecule has 0 saturated heterocycles. The molecule has 4 rings (SSSR count). The second-order valence-corrected chi connectivity index (χ2v) is 9.96. The third-order valence-electron chi connectivity index (χ3n) is 4.65. The topological polar surface area (TPSA) is 88.2 Å². The van der Waals surface area contributed by atoms with Crippen LogP contribution in [0.25, 0.3) is 11.3 Å². The molecule has 1 fully saturated rings. The Bertz CT molecular complexity index is 1160. The van der Waals surface area contributed by atoms with Gasteiger partial charge < -0.3 is 5.32 Å². The molecule has 1 amide bonds. The molecule has 2 N–H and O–H groups in total. The number of halogens is 1. The average Bonchev–Trinajstić information content (AvgIpc) is 3.33. The van der Waals surface area contributed by atoms with E-state index in [0.29, 0.717) is 15.8 Å². The minimum absolute atomic E-state index is 0.0523. The molecule has 2 aromatic carbocycles. The molecule has 2 atom stereocenters. The van der Waals surface area contributed by atoms with Crippen molar-refractivity contribution in [2.24, 2.45) is 5.92 Å². The van der Waals surface area contributed by atoms with Gasteiger partial charge in [-0.3, -0.25) is 9.52 Å². The number of anilines is 2. The number of aromatic nitrogens is 1. The second kappa shape index (κ2) is 7.78. The van der Waals surface area contributed by atoms with E-state index in [1.165, 1.54) is 11.3 Å². The highest BCUT2D eigenvalue weighted by Gasteiger charge is 2.45. The van der Waals surface area contributed by atoms with Crippen molar-refractivity contribution in [1.29, 1.82) is 0 Å². The van der Waals surface area contributed by atoms with Gasteiger partial charge in [0.15, 0.2) is 5.13 Å². The molecule has 2 unspecified atom stereocenters. The number of benzene rings is 2. The maximum Gasteiger partial charge on any atom is 0.229 e. The van der Waals surface area contributed by atoms with E-state index in [9.17, 15) is 13.2 Å². The predicted octanol–water partition coefficient (Wildman–Crippen LogP) is 4.58. The van der Waals surface area contributed by atoms with Gasteiger partial charge >= 0.3 is 0 Å². The van der Waals surface area contributed by atoms with Gasteiger partial charge in [-0.1, -0.05) is 41.9 Å². The van der Waals surface area contributed by atoms with E-state index < -0.39 is 10.0 Å². The van der Waals surface area contributed by atoms with Crippen LogP contribution in [-0.4, -0.2) is 25.6 Å². The number of hydrogen-bond donors (Lipinski definition) is 2. The minimum Gasteiger partial charge on any atom is -0.302 e. The number of amides is 1. The molecule has 3 aromatic rings. The number of sulfonamides is 1. The van der Waals surface area contributed by atoms with E-state index in [0.717, 1.165) is 29.5 Å². The van der Waals surface area contributed by atoms with Gasteiger partial charge in [-0.05, 0) is 36.1 Å². The Kier molecular flexibility index (Phi) is 5.33. The molecule has 1 heterocycles. The molecular weight excluding hydrogens is 430 g/mol. The van der Waals surface area contributed by atoms with Crippen LogP contribution in [0.2, 0.25) is 5.02 Å². The van der Waals surface area contributed by atoms with Crippen molar-refractivity contribution in [3.63, 3.8) is 0 Å². The van der Waals surface area contributed by atoms with E-state index >= 15 is 0 Å². The summed E-state index contributed by atoms with van der Waals surface area (Å²) in [5.41, 5.74) is 3.05. The maximum atomic E-state index is 12.5. The second-order valence-electron chi connectivity index (χ2n) is 6.95. The number of rotatable bonds is 6. The molecule has 1 aliphatic rings. The summed E-state index contributed by atoms with van der Waals surface area (Å²) in [5.74, 6) is 0.00476. The SMILES string of the molecule is CS(=O)(=O)Nc1ccc(-c2csc(NC(=O)C3CC3c3ccccc3Cl)n2)cc1. The van der Waals surface area contributed by atoms with Crippen LogP contribution >= 0.6 is 22.9 Å². The average molecular weight is 448 g/mol. The Morgan fingerprint density at radius 1 is 1.17 bits per heavy atom. The Morgan fingerprint density at radius 2 is 1.90 bits per heavy atom. The molecule has 0 aliphatic heterocycles. The smallest absolute Gasteiger partial charge is 0.229 e. The summed E-state index contributed by atoms with van der Waals surface area (Å²) < 4.78 is 25.0. The molecular formula is C20H18ClN3O3S2. The maximum absolute atomic E-state index is 12.5. The lowest BCUT2D eigenvalue weighted by Crippen LogP contribution is -2.14. The van der Waals surface area contributed by atoms with Crippen molar-refractivity contribution >= 4 is 49.7 Å². The lowest BCUT2D eigenvalue weighted by Gasteiger charge is -2.04. The first-order valence-electron chi connectivity index (χ1n) is 8.89. The highest BCUT2D eigenvalue weighted by molar-refractivity contribution is 7.92. The third-order valence-corrected chi connectivity index (χ3v) is 6.36. The van der Waals surface area contributed by atoms with Gasteiger partial charge in [-0.15, -0.1) is 11.3 Å². The first-order valence-corrected chi connectivity index (χ1v) is 12.0. The minimum atomic E-state index is -3.31. The number of thiazole rings is 1. The normalized spacial score (nSPS) is 18.3. The zero-order valence-electron chi connectivity index (χ0n) is 15.4. The number of carbonyl (C=O) groups is 1. The highest BCUT2D eigenvalue weighted by atomic mass is 35.5. The van der Waals surface area contributed by atoms with Crippen LogP contribution in [0.3, 0.4) is 0 Å². The summed E-state index contributed by atoms with van der Waals surface area (Å²) >= 11 is 7.58. The quantitative estimate of drug-likeness (QED) is 0.579. The first-order chi connectivity index (χ1) is 13.8. The largest absolute Gasteiger partial charge is 0.302 e. The van der Waals surface area contributed by atoms with E-state index in [2.05, 4.69) is 15.0 Å². The summed E-state index contributed by atoms with van der Waals surface area (Å²) in [4.78, 5) is 17.0. The fraction of sp³-hybridized carbons (Fsp3) is 0.200. The predicted molar refractivity (Wildman–Crippen MR) is 117 cm³/mol. The van der Waals surface area contributed by atoms with E-state index in [1.807, 2.05) is 29.6 Å². The van der Waals surface area contributed by atoms with Gasteiger partial charge in [0.25, 0.3) is 0 Å². The lowest BCUT2D eigenvalue weighted by atomic mass is 10.1. The van der Waals surface area contributed by atoms with Crippen molar-refractivity contribution in [2.45, 2.75) is 12.3 Å². The molecule has 6 nitrogen and oxygen atoms in total. The lowest BCUT2D eigenvalue weighted by molar-refractivity contribution is -0.117. The summed E-state index contributed by atoms with van der Waals surface area (Å²) in [5, 5.41) is 5.97. The van der Waals surface area contributed by atoms with Gasteiger partial charge in [0.2, 0.25) is 15.9 Å². The van der Waals surface area contributed by atoms with Crippen LogP contribution < -0.4 is 10.0 Å². The third kappa shape index (κ3) is 4.77. The summed E-state index contributed by atoms with van der Waals surface area (Å²) in [6, 6.07) is 14.5. The van der Waals surface area contributed by atoms with Crippen molar-refractivity contribution in [2.75, 3.05) is 16.3 Å². The molecule has 1 aromatic heterocycles. The van der Waals surface area contributed by atoms with Crippen molar-refractivity contribution in [3.05, 3.63) is 64.5 Å². The van der Waals surface area contributed by atoms with Gasteiger partial charge in [0, 0.05) is 27.6 Å². The molecule has 0 bridgehead atoms. The monoisotopic (exact) mass is 447 g/mol. The summed E-state index contributed by atoms with van der Waals surface area (Å²) in [6.45, 7) is 0. The Hall–Kier alpha value is -2.42. The van der Waals surface area contributed by atoms with Gasteiger partial charge in [-0.2, -0.15) is 0 Å². The van der Waals surface area contributed by atoms with Crippen molar-refractivity contribution in [1.82, 2.24) is 4.98 Å². The van der Waals surface area contributed by atoms with Crippen LogP contribution in [0.4, 0.5) is 10.8 Å². The summed E-state index contributed by atoms with van der Waals surface area (Å²) in [6.07, 6.45) is 1.88. The van der Waals surface area contributed by atoms with Crippen LogP contribution in [0.15, 0.2) is 53.9 Å². The number of nitrogens with zero attached hydrogens (tertiary/aromatic N) is 1. The zero-order chi connectivity index (χ0) is 20.6. The molecule has 0 spiro atoms. The van der Waals surface area contributed by atoms with E-state index in [-0.39, 0.29) is 17.7 Å². The molecule has 1 aliphatic carbocycles.